The third-order valence-corrected chi connectivity index (χ3v) is 3.75. The SMILES string of the molecule is Cl.O=C(Nc1ccc(-c2noc(C(F)(F)F)n2)cc1)C1CCCNC1. The van der Waals surface area contributed by atoms with E-state index >= 15 is 0 Å². The van der Waals surface area contributed by atoms with Crippen LogP contribution in [-0.2, 0) is 11.0 Å². The van der Waals surface area contributed by atoms with Crippen LogP contribution in [0.3, 0.4) is 0 Å². The molecule has 1 aromatic carbocycles. The van der Waals surface area contributed by atoms with Gasteiger partial charge in [-0.15, -0.1) is 12.4 Å². The Morgan fingerprint density at radius 3 is 2.56 bits per heavy atom. The molecular formula is C15H16ClF3N4O2. The summed E-state index contributed by atoms with van der Waals surface area (Å²) >= 11 is 0. The van der Waals surface area contributed by atoms with Gasteiger partial charge in [0.05, 0.1) is 5.92 Å². The molecule has 2 N–H and O–H groups in total. The average molecular weight is 377 g/mol. The molecular weight excluding hydrogens is 361 g/mol. The van der Waals surface area contributed by atoms with Gasteiger partial charge >= 0.3 is 12.1 Å². The van der Waals surface area contributed by atoms with Gasteiger partial charge in [0.25, 0.3) is 0 Å². The van der Waals surface area contributed by atoms with E-state index in [0.29, 0.717) is 17.8 Å². The number of carbonyl (C=O) groups is 1. The van der Waals surface area contributed by atoms with E-state index in [-0.39, 0.29) is 30.1 Å². The number of alkyl halides is 3. The number of rotatable bonds is 3. The highest BCUT2D eigenvalue weighted by Crippen LogP contribution is 2.29. The van der Waals surface area contributed by atoms with Crippen molar-refractivity contribution in [2.24, 2.45) is 5.92 Å². The molecule has 0 spiro atoms. The molecule has 136 valence electrons. The number of carbonyl (C=O) groups excluding carboxylic acids is 1. The number of piperidine rings is 1. The molecule has 1 unspecified atom stereocenters. The van der Waals surface area contributed by atoms with Gasteiger partial charge in [0, 0.05) is 17.8 Å². The average Bonchev–Trinajstić information content (AvgIpc) is 3.07. The molecule has 1 fully saturated rings. The van der Waals surface area contributed by atoms with E-state index in [1.165, 1.54) is 12.1 Å². The molecule has 1 amide bonds. The summed E-state index contributed by atoms with van der Waals surface area (Å²) in [7, 11) is 0. The molecule has 3 rings (SSSR count). The Morgan fingerprint density at radius 2 is 2.00 bits per heavy atom. The first-order valence-corrected chi connectivity index (χ1v) is 7.46. The molecule has 0 aliphatic carbocycles. The van der Waals surface area contributed by atoms with Crippen molar-refractivity contribution < 1.29 is 22.5 Å². The van der Waals surface area contributed by atoms with Gasteiger partial charge in [0.15, 0.2) is 0 Å². The van der Waals surface area contributed by atoms with Crippen LogP contribution < -0.4 is 10.6 Å². The molecule has 10 heteroatoms. The first-order chi connectivity index (χ1) is 11.4. The quantitative estimate of drug-likeness (QED) is 0.860. The highest BCUT2D eigenvalue weighted by atomic mass is 35.5. The third-order valence-electron chi connectivity index (χ3n) is 3.75. The van der Waals surface area contributed by atoms with E-state index in [0.717, 1.165) is 19.4 Å². The van der Waals surface area contributed by atoms with E-state index < -0.39 is 12.1 Å². The lowest BCUT2D eigenvalue weighted by Gasteiger charge is -2.21. The topological polar surface area (TPSA) is 80.1 Å². The number of nitrogens with one attached hydrogen (secondary N) is 2. The number of benzene rings is 1. The molecule has 6 nitrogen and oxygen atoms in total. The van der Waals surface area contributed by atoms with Crippen molar-refractivity contribution in [3.63, 3.8) is 0 Å². The largest absolute Gasteiger partial charge is 0.471 e. The zero-order chi connectivity index (χ0) is 17.2. The lowest BCUT2D eigenvalue weighted by molar-refractivity contribution is -0.159. The molecule has 1 aromatic heterocycles. The maximum atomic E-state index is 12.5. The monoisotopic (exact) mass is 376 g/mol. The zero-order valence-electron chi connectivity index (χ0n) is 13.0. The predicted molar refractivity (Wildman–Crippen MR) is 86.2 cm³/mol. The summed E-state index contributed by atoms with van der Waals surface area (Å²) in [4.78, 5) is 15.4. The predicted octanol–water partition coefficient (Wildman–Crippen LogP) is 3.12. The van der Waals surface area contributed by atoms with Crippen LogP contribution >= 0.6 is 12.4 Å². The summed E-state index contributed by atoms with van der Waals surface area (Å²) < 4.78 is 41.6. The van der Waals surface area contributed by atoms with Crippen molar-refractivity contribution >= 4 is 24.0 Å². The number of nitrogens with zero attached hydrogens (tertiary/aromatic N) is 2. The Labute approximate surface area is 147 Å². The van der Waals surface area contributed by atoms with Crippen LogP contribution in [0, 0.1) is 5.92 Å². The van der Waals surface area contributed by atoms with Crippen LogP contribution in [0.1, 0.15) is 18.7 Å². The second-order valence-corrected chi connectivity index (χ2v) is 5.53. The van der Waals surface area contributed by atoms with Crippen molar-refractivity contribution in [3.05, 3.63) is 30.2 Å². The first kappa shape index (κ1) is 19.2. The normalized spacial score (nSPS) is 17.6. The van der Waals surface area contributed by atoms with Crippen LogP contribution in [0.15, 0.2) is 28.8 Å². The molecule has 1 saturated heterocycles. The van der Waals surface area contributed by atoms with Crippen molar-refractivity contribution in [2.75, 3.05) is 18.4 Å². The van der Waals surface area contributed by atoms with Crippen molar-refractivity contribution in [1.29, 1.82) is 0 Å². The summed E-state index contributed by atoms with van der Waals surface area (Å²) in [5.41, 5.74) is 0.931. The second-order valence-electron chi connectivity index (χ2n) is 5.53. The van der Waals surface area contributed by atoms with Gasteiger partial charge in [0.2, 0.25) is 11.7 Å². The van der Waals surface area contributed by atoms with Gasteiger partial charge in [0.1, 0.15) is 0 Å². The summed E-state index contributed by atoms with van der Waals surface area (Å²) in [5, 5.41) is 9.28. The number of aromatic nitrogens is 2. The van der Waals surface area contributed by atoms with Gasteiger partial charge in [-0.25, -0.2) is 0 Å². The van der Waals surface area contributed by atoms with Crippen LogP contribution in [0.5, 0.6) is 0 Å². The van der Waals surface area contributed by atoms with E-state index in [9.17, 15) is 18.0 Å². The minimum Gasteiger partial charge on any atom is -0.329 e. The number of amides is 1. The van der Waals surface area contributed by atoms with Gasteiger partial charge in [-0.2, -0.15) is 18.2 Å². The molecule has 25 heavy (non-hydrogen) atoms. The fourth-order valence-corrected chi connectivity index (χ4v) is 2.48. The first-order valence-electron chi connectivity index (χ1n) is 7.46. The maximum absolute atomic E-state index is 12.5. The second kappa shape index (κ2) is 7.83. The standard InChI is InChI=1S/C15H15F3N4O2.ClH/c16-15(17,18)14-21-12(22-24-14)9-3-5-11(6-4-9)20-13(23)10-2-1-7-19-8-10;/h3-6,10,19H,1-2,7-8H2,(H,20,23);1H. The van der Waals surface area contributed by atoms with Gasteiger partial charge in [-0.05, 0) is 43.7 Å². The third kappa shape index (κ3) is 4.70. The number of halogens is 4. The van der Waals surface area contributed by atoms with E-state index in [2.05, 4.69) is 25.3 Å². The van der Waals surface area contributed by atoms with Gasteiger partial charge in [-0.1, -0.05) is 5.16 Å². The van der Waals surface area contributed by atoms with E-state index in [1.807, 2.05) is 0 Å². The molecule has 0 saturated carbocycles. The fraction of sp³-hybridized carbons (Fsp3) is 0.400. The molecule has 1 atom stereocenters. The van der Waals surface area contributed by atoms with Crippen molar-refractivity contribution in [1.82, 2.24) is 15.5 Å². The summed E-state index contributed by atoms with van der Waals surface area (Å²) in [6, 6.07) is 6.24. The molecule has 2 aromatic rings. The lowest BCUT2D eigenvalue weighted by atomic mass is 9.99. The minimum atomic E-state index is -4.67. The van der Waals surface area contributed by atoms with Gasteiger partial charge in [-0.3, -0.25) is 4.79 Å². The van der Waals surface area contributed by atoms with Crippen LogP contribution in [0.4, 0.5) is 18.9 Å². The summed E-state index contributed by atoms with van der Waals surface area (Å²) in [5.74, 6) is -1.70. The molecule has 1 aliphatic heterocycles. The fourth-order valence-electron chi connectivity index (χ4n) is 2.48. The Balaban J connectivity index is 0.00000225. The maximum Gasteiger partial charge on any atom is 0.471 e. The zero-order valence-corrected chi connectivity index (χ0v) is 13.8. The smallest absolute Gasteiger partial charge is 0.329 e. The summed E-state index contributed by atoms with van der Waals surface area (Å²) in [6.07, 6.45) is -2.89. The van der Waals surface area contributed by atoms with E-state index in [1.54, 1.807) is 12.1 Å². The van der Waals surface area contributed by atoms with Crippen molar-refractivity contribution in [2.45, 2.75) is 19.0 Å². The van der Waals surface area contributed by atoms with E-state index in [4.69, 9.17) is 0 Å². The molecule has 0 radical (unpaired) electrons. The van der Waals surface area contributed by atoms with Crippen LogP contribution in [-0.4, -0.2) is 29.1 Å². The van der Waals surface area contributed by atoms with Crippen LogP contribution in [0.25, 0.3) is 11.4 Å². The lowest BCUT2D eigenvalue weighted by Crippen LogP contribution is -2.37. The van der Waals surface area contributed by atoms with Gasteiger partial charge < -0.3 is 15.2 Å². The Morgan fingerprint density at radius 1 is 1.28 bits per heavy atom. The van der Waals surface area contributed by atoms with Crippen molar-refractivity contribution in [3.8, 4) is 11.4 Å². The molecule has 0 bridgehead atoms. The molecule has 2 heterocycles. The Bertz CT molecular complexity index is 712. The minimum absolute atomic E-state index is 0. The number of hydrogen-bond acceptors (Lipinski definition) is 5. The highest BCUT2D eigenvalue weighted by molar-refractivity contribution is 5.93. The Hall–Kier alpha value is -2.13. The Kier molecular flexibility index (Phi) is 6.02. The molecule has 1 aliphatic rings. The number of hydrogen-bond donors (Lipinski definition) is 2. The summed E-state index contributed by atoms with van der Waals surface area (Å²) in [6.45, 7) is 1.57. The number of anilines is 1. The highest BCUT2D eigenvalue weighted by Gasteiger charge is 2.38. The van der Waals surface area contributed by atoms with Crippen LogP contribution in [0.2, 0.25) is 0 Å².